The zero-order chi connectivity index (χ0) is 8.27. The third-order valence-corrected chi connectivity index (χ3v) is 2.58. The molecule has 3 nitrogen and oxygen atoms in total. The summed E-state index contributed by atoms with van der Waals surface area (Å²) in [5.41, 5.74) is 10.7. The van der Waals surface area contributed by atoms with Crippen molar-refractivity contribution in [1.29, 1.82) is 0 Å². The van der Waals surface area contributed by atoms with Crippen molar-refractivity contribution < 1.29 is 4.79 Å². The van der Waals surface area contributed by atoms with Gasteiger partial charge < -0.3 is 11.5 Å². The Morgan fingerprint density at radius 1 is 1.25 bits per heavy atom. The molecule has 1 amide bonds. The summed E-state index contributed by atoms with van der Waals surface area (Å²) < 4.78 is 0. The minimum Gasteiger partial charge on any atom is -0.369 e. The standard InChI is InChI=1S/C8H16N2O.ClH/c9-5-6-1-3-7(4-2-6)8(10)11;/h6-7H,1-5,9H2,(H2,10,11);1H. The van der Waals surface area contributed by atoms with E-state index in [1.54, 1.807) is 0 Å². The van der Waals surface area contributed by atoms with Crippen LogP contribution in [0.3, 0.4) is 0 Å². The smallest absolute Gasteiger partial charge is 0.220 e. The predicted octanol–water partition coefficient (Wildman–Crippen LogP) is 0.659. The first-order valence-electron chi connectivity index (χ1n) is 4.23. The van der Waals surface area contributed by atoms with Crippen LogP contribution in [0.4, 0.5) is 0 Å². The molecule has 0 aliphatic heterocycles. The lowest BCUT2D eigenvalue weighted by Crippen LogP contribution is -2.29. The van der Waals surface area contributed by atoms with E-state index in [1.165, 1.54) is 0 Å². The van der Waals surface area contributed by atoms with E-state index in [0.29, 0.717) is 5.92 Å². The van der Waals surface area contributed by atoms with E-state index in [4.69, 9.17) is 11.5 Å². The Kier molecular flexibility index (Phi) is 5.25. The van der Waals surface area contributed by atoms with Gasteiger partial charge in [-0.15, -0.1) is 12.4 Å². The lowest BCUT2D eigenvalue weighted by Gasteiger charge is -2.25. The predicted molar refractivity (Wildman–Crippen MR) is 50.9 cm³/mol. The Morgan fingerprint density at radius 2 is 1.75 bits per heavy atom. The van der Waals surface area contributed by atoms with Crippen LogP contribution in [-0.2, 0) is 4.79 Å². The van der Waals surface area contributed by atoms with Crippen LogP contribution in [0.25, 0.3) is 0 Å². The summed E-state index contributed by atoms with van der Waals surface area (Å²) in [6.07, 6.45) is 4.03. The van der Waals surface area contributed by atoms with E-state index < -0.39 is 0 Å². The highest BCUT2D eigenvalue weighted by atomic mass is 35.5. The highest BCUT2D eigenvalue weighted by Crippen LogP contribution is 2.27. The average molecular weight is 193 g/mol. The molecule has 0 aromatic rings. The first-order chi connectivity index (χ1) is 5.24. The molecule has 4 heteroatoms. The van der Waals surface area contributed by atoms with Crippen molar-refractivity contribution in [2.45, 2.75) is 25.7 Å². The number of halogens is 1. The van der Waals surface area contributed by atoms with Crippen molar-refractivity contribution in [3.8, 4) is 0 Å². The van der Waals surface area contributed by atoms with Crippen LogP contribution in [0.2, 0.25) is 0 Å². The molecule has 0 aromatic heterocycles. The zero-order valence-electron chi connectivity index (χ0n) is 7.16. The molecule has 0 bridgehead atoms. The molecule has 0 spiro atoms. The van der Waals surface area contributed by atoms with E-state index in [-0.39, 0.29) is 24.2 Å². The van der Waals surface area contributed by atoms with Crippen LogP contribution in [0.5, 0.6) is 0 Å². The van der Waals surface area contributed by atoms with Gasteiger partial charge >= 0.3 is 0 Å². The van der Waals surface area contributed by atoms with Crippen molar-refractivity contribution in [1.82, 2.24) is 0 Å². The van der Waals surface area contributed by atoms with Crippen LogP contribution in [0.15, 0.2) is 0 Å². The molecule has 4 N–H and O–H groups in total. The van der Waals surface area contributed by atoms with Gasteiger partial charge in [0.05, 0.1) is 0 Å². The second kappa shape index (κ2) is 5.38. The molecular weight excluding hydrogens is 176 g/mol. The number of nitrogens with two attached hydrogens (primary N) is 2. The molecule has 1 fully saturated rings. The summed E-state index contributed by atoms with van der Waals surface area (Å²) in [4.78, 5) is 10.7. The highest BCUT2D eigenvalue weighted by molar-refractivity contribution is 5.85. The third-order valence-electron chi connectivity index (χ3n) is 2.58. The number of carbonyl (C=O) groups excluding carboxylic acids is 1. The number of hydrogen-bond donors (Lipinski definition) is 2. The van der Waals surface area contributed by atoms with E-state index in [1.807, 2.05) is 0 Å². The Hall–Kier alpha value is -0.280. The van der Waals surface area contributed by atoms with Gasteiger partial charge in [0.25, 0.3) is 0 Å². The number of hydrogen-bond acceptors (Lipinski definition) is 2. The fourth-order valence-corrected chi connectivity index (χ4v) is 1.68. The van der Waals surface area contributed by atoms with Gasteiger partial charge in [-0.2, -0.15) is 0 Å². The van der Waals surface area contributed by atoms with Crippen LogP contribution >= 0.6 is 12.4 Å². The first-order valence-corrected chi connectivity index (χ1v) is 4.23. The number of primary amides is 1. The van der Waals surface area contributed by atoms with Crippen LogP contribution in [-0.4, -0.2) is 12.5 Å². The second-order valence-electron chi connectivity index (χ2n) is 3.36. The molecular formula is C8H17ClN2O. The molecule has 0 radical (unpaired) electrons. The van der Waals surface area contributed by atoms with E-state index in [9.17, 15) is 4.79 Å². The van der Waals surface area contributed by atoms with Crippen LogP contribution < -0.4 is 11.5 Å². The molecule has 0 atom stereocenters. The van der Waals surface area contributed by atoms with Gasteiger partial charge in [0.15, 0.2) is 0 Å². The van der Waals surface area contributed by atoms with Gasteiger partial charge in [-0.3, -0.25) is 4.79 Å². The summed E-state index contributed by atoms with van der Waals surface area (Å²) in [7, 11) is 0. The molecule has 0 aromatic carbocycles. The fourth-order valence-electron chi connectivity index (χ4n) is 1.68. The summed E-state index contributed by atoms with van der Waals surface area (Å²) in [6.45, 7) is 0.755. The van der Waals surface area contributed by atoms with Gasteiger partial charge in [0, 0.05) is 5.92 Å². The van der Waals surface area contributed by atoms with E-state index in [0.717, 1.165) is 32.2 Å². The van der Waals surface area contributed by atoms with E-state index >= 15 is 0 Å². The van der Waals surface area contributed by atoms with Crippen molar-refractivity contribution in [2.75, 3.05) is 6.54 Å². The molecule has 12 heavy (non-hydrogen) atoms. The zero-order valence-corrected chi connectivity index (χ0v) is 7.98. The molecule has 0 saturated heterocycles. The maximum atomic E-state index is 10.7. The molecule has 0 unspecified atom stereocenters. The number of rotatable bonds is 2. The Balaban J connectivity index is 0.00000121. The largest absolute Gasteiger partial charge is 0.369 e. The van der Waals surface area contributed by atoms with Crippen molar-refractivity contribution in [3.63, 3.8) is 0 Å². The van der Waals surface area contributed by atoms with Gasteiger partial charge in [-0.25, -0.2) is 0 Å². The molecule has 1 rings (SSSR count). The van der Waals surface area contributed by atoms with Gasteiger partial charge in [-0.05, 0) is 38.1 Å². The minimum atomic E-state index is -0.138. The Morgan fingerprint density at radius 3 is 2.08 bits per heavy atom. The maximum Gasteiger partial charge on any atom is 0.220 e. The SMILES string of the molecule is Cl.NCC1CCC(C(N)=O)CC1. The fraction of sp³-hybridized carbons (Fsp3) is 0.875. The summed E-state index contributed by atoms with van der Waals surface area (Å²) >= 11 is 0. The topological polar surface area (TPSA) is 69.1 Å². The van der Waals surface area contributed by atoms with Crippen molar-refractivity contribution >= 4 is 18.3 Å². The minimum absolute atomic E-state index is 0. The third kappa shape index (κ3) is 2.99. The van der Waals surface area contributed by atoms with E-state index in [2.05, 4.69) is 0 Å². The quantitative estimate of drug-likeness (QED) is 0.675. The van der Waals surface area contributed by atoms with Crippen molar-refractivity contribution in [3.05, 3.63) is 0 Å². The lowest BCUT2D eigenvalue weighted by atomic mass is 9.82. The molecule has 1 saturated carbocycles. The van der Waals surface area contributed by atoms with Crippen molar-refractivity contribution in [2.24, 2.45) is 23.3 Å². The molecule has 1 aliphatic rings. The monoisotopic (exact) mass is 192 g/mol. The summed E-state index contributed by atoms with van der Waals surface area (Å²) in [5, 5.41) is 0. The summed E-state index contributed by atoms with van der Waals surface area (Å²) in [5.74, 6) is 0.615. The Labute approximate surface area is 79.3 Å². The lowest BCUT2D eigenvalue weighted by molar-refractivity contribution is -0.122. The molecule has 72 valence electrons. The number of carbonyl (C=O) groups is 1. The second-order valence-corrected chi connectivity index (χ2v) is 3.36. The molecule has 1 aliphatic carbocycles. The summed E-state index contributed by atoms with van der Waals surface area (Å²) in [6, 6.07) is 0. The normalized spacial score (nSPS) is 29.1. The first kappa shape index (κ1) is 11.7. The van der Waals surface area contributed by atoms with Gasteiger partial charge in [-0.1, -0.05) is 0 Å². The average Bonchev–Trinajstić information content (AvgIpc) is 2.05. The maximum absolute atomic E-state index is 10.7. The van der Waals surface area contributed by atoms with Crippen LogP contribution in [0, 0.1) is 11.8 Å². The molecule has 0 heterocycles. The van der Waals surface area contributed by atoms with Gasteiger partial charge in [0.2, 0.25) is 5.91 Å². The van der Waals surface area contributed by atoms with Gasteiger partial charge in [0.1, 0.15) is 0 Å². The highest BCUT2D eigenvalue weighted by Gasteiger charge is 2.23. The number of amides is 1. The van der Waals surface area contributed by atoms with Crippen LogP contribution in [0.1, 0.15) is 25.7 Å². The Bertz CT molecular complexity index is 144.